The summed E-state index contributed by atoms with van der Waals surface area (Å²) in [4.78, 5) is 38.5. The predicted octanol–water partition coefficient (Wildman–Crippen LogP) is 24.2. The van der Waals surface area contributed by atoms with Gasteiger partial charge in [0.15, 0.2) is 6.10 Å². The van der Waals surface area contributed by atoms with Gasteiger partial charge < -0.3 is 14.2 Å². The molecule has 0 aliphatic rings. The lowest BCUT2D eigenvalue weighted by Gasteiger charge is -2.18. The van der Waals surface area contributed by atoms with Crippen LogP contribution in [-0.2, 0) is 28.6 Å². The van der Waals surface area contributed by atoms with Crippen LogP contribution in [0.15, 0.2) is 85.1 Å². The minimum absolute atomic E-state index is 0.0837. The highest BCUT2D eigenvalue weighted by atomic mass is 16.6. The van der Waals surface area contributed by atoms with Crippen LogP contribution >= 0.6 is 0 Å². The summed E-state index contributed by atoms with van der Waals surface area (Å²) in [5.74, 6) is -0.887. The van der Waals surface area contributed by atoms with Crippen molar-refractivity contribution in [3.8, 4) is 0 Å². The minimum Gasteiger partial charge on any atom is -0.462 e. The van der Waals surface area contributed by atoms with E-state index in [1.165, 1.54) is 205 Å². The lowest BCUT2D eigenvalue weighted by atomic mass is 10.0. The van der Waals surface area contributed by atoms with Crippen LogP contribution in [0.2, 0.25) is 0 Å². The zero-order valence-electron chi connectivity index (χ0n) is 53.8. The largest absolute Gasteiger partial charge is 0.462 e. The number of unbranched alkanes of at least 4 members (excludes halogenated alkanes) is 39. The fraction of sp³-hybridized carbons (Fsp3) is 0.773. The summed E-state index contributed by atoms with van der Waals surface area (Å²) in [5, 5.41) is 0. The topological polar surface area (TPSA) is 78.9 Å². The van der Waals surface area contributed by atoms with Gasteiger partial charge in [0.2, 0.25) is 0 Å². The van der Waals surface area contributed by atoms with Gasteiger partial charge in [0.1, 0.15) is 13.2 Å². The monoisotopic (exact) mass is 1130 g/mol. The van der Waals surface area contributed by atoms with Gasteiger partial charge in [-0.1, -0.05) is 305 Å². The Balaban J connectivity index is 4.39. The van der Waals surface area contributed by atoms with Gasteiger partial charge in [0.05, 0.1) is 0 Å². The lowest BCUT2D eigenvalue weighted by Crippen LogP contribution is -2.30. The first-order chi connectivity index (χ1) is 40.0. The number of hydrogen-bond donors (Lipinski definition) is 0. The third-order valence-corrected chi connectivity index (χ3v) is 15.4. The maximum atomic E-state index is 13.0. The Morgan fingerprint density at radius 2 is 0.481 bits per heavy atom. The van der Waals surface area contributed by atoms with Gasteiger partial charge >= 0.3 is 17.9 Å². The molecule has 0 bridgehead atoms. The van der Waals surface area contributed by atoms with Crippen molar-refractivity contribution in [1.82, 2.24) is 0 Å². The Bertz CT molecular complexity index is 1530. The fourth-order valence-corrected chi connectivity index (χ4v) is 10.1. The number of allylic oxidation sites excluding steroid dienone is 14. The van der Waals surface area contributed by atoms with E-state index in [1.54, 1.807) is 0 Å². The molecule has 0 aliphatic heterocycles. The number of esters is 3. The molecule has 6 nitrogen and oxygen atoms in total. The number of carbonyl (C=O) groups excluding carboxylic acids is 3. The van der Waals surface area contributed by atoms with Crippen LogP contribution < -0.4 is 0 Å². The molecule has 0 amide bonds. The number of rotatable bonds is 64. The van der Waals surface area contributed by atoms with Crippen LogP contribution in [0.1, 0.15) is 355 Å². The first-order valence-corrected chi connectivity index (χ1v) is 35.1. The van der Waals surface area contributed by atoms with Crippen LogP contribution in [0, 0.1) is 0 Å². The molecule has 81 heavy (non-hydrogen) atoms. The van der Waals surface area contributed by atoms with Crippen molar-refractivity contribution in [3.63, 3.8) is 0 Å². The van der Waals surface area contributed by atoms with Crippen LogP contribution in [0.4, 0.5) is 0 Å². The Labute approximate surface area is 503 Å². The van der Waals surface area contributed by atoms with Crippen LogP contribution in [0.3, 0.4) is 0 Å². The summed E-state index contributed by atoms with van der Waals surface area (Å²) in [6.45, 7) is 6.55. The third-order valence-electron chi connectivity index (χ3n) is 15.4. The SMILES string of the molecule is CC/C=C\C/C=C\C/C=C\C/C=C\C/C=C\CCCCCCCC(=O)OC(COC(=O)CCCCCCCCCCC/C=C\CCCCCCCC)COC(=O)CCCCCCCCCCCCC/C=C\CCCCCCCCCC. The van der Waals surface area contributed by atoms with Crippen LogP contribution in [-0.4, -0.2) is 37.2 Å². The molecule has 0 aromatic heterocycles. The van der Waals surface area contributed by atoms with Crippen molar-refractivity contribution in [2.45, 2.75) is 361 Å². The highest BCUT2D eigenvalue weighted by Crippen LogP contribution is 2.17. The molecule has 0 rings (SSSR count). The second-order valence-corrected chi connectivity index (χ2v) is 23.4. The predicted molar refractivity (Wildman–Crippen MR) is 353 cm³/mol. The normalized spacial score (nSPS) is 12.6. The Hall–Kier alpha value is -3.41. The smallest absolute Gasteiger partial charge is 0.306 e. The molecule has 0 spiro atoms. The van der Waals surface area contributed by atoms with Gasteiger partial charge in [-0.3, -0.25) is 14.4 Å². The van der Waals surface area contributed by atoms with Gasteiger partial charge in [-0.2, -0.15) is 0 Å². The summed E-state index contributed by atoms with van der Waals surface area (Å²) >= 11 is 0. The molecule has 0 aliphatic carbocycles. The molecule has 0 aromatic carbocycles. The summed E-state index contributed by atoms with van der Waals surface area (Å²) < 4.78 is 17.0. The zero-order valence-corrected chi connectivity index (χ0v) is 53.8. The maximum Gasteiger partial charge on any atom is 0.306 e. The van der Waals surface area contributed by atoms with E-state index in [0.29, 0.717) is 19.3 Å². The fourth-order valence-electron chi connectivity index (χ4n) is 10.1. The Kier molecular flexibility index (Phi) is 66.2. The van der Waals surface area contributed by atoms with E-state index in [1.807, 2.05) is 0 Å². The van der Waals surface area contributed by atoms with Gasteiger partial charge in [-0.05, 0) is 116 Å². The standard InChI is InChI=1S/C75H132O6/c1-4-7-10-13-16-19-22-25-28-31-34-36-37-39-41-44-47-50-53-56-59-62-65-68-74(77)80-71-72(70-79-73(76)67-64-61-58-55-52-49-46-43-40-33-30-27-24-21-18-15-12-9-6-3)81-75(78)69-66-63-60-57-54-51-48-45-42-38-35-32-29-26-23-20-17-14-11-8-5-2/h8,11,17,20,26-27,29-31,34-35,38,45,48,72H,4-7,9-10,12-16,18-19,21-25,28,32-33,36-37,39-44,46-47,49-71H2,1-3H3/b11-8-,20-17-,29-26-,30-27-,34-31-,38-35-,48-45-. The lowest BCUT2D eigenvalue weighted by molar-refractivity contribution is -0.167. The van der Waals surface area contributed by atoms with E-state index in [2.05, 4.69) is 106 Å². The van der Waals surface area contributed by atoms with Crippen molar-refractivity contribution >= 4 is 17.9 Å². The van der Waals surface area contributed by atoms with Crippen LogP contribution in [0.5, 0.6) is 0 Å². The molecule has 1 unspecified atom stereocenters. The van der Waals surface area contributed by atoms with E-state index < -0.39 is 6.10 Å². The molecule has 0 N–H and O–H groups in total. The van der Waals surface area contributed by atoms with Gasteiger partial charge in [-0.25, -0.2) is 0 Å². The first-order valence-electron chi connectivity index (χ1n) is 35.1. The zero-order chi connectivity index (χ0) is 58.5. The molecule has 468 valence electrons. The van der Waals surface area contributed by atoms with E-state index in [4.69, 9.17) is 14.2 Å². The summed E-state index contributed by atoms with van der Waals surface area (Å²) in [7, 11) is 0. The molecule has 6 heteroatoms. The van der Waals surface area contributed by atoms with E-state index in [-0.39, 0.29) is 31.1 Å². The molecule has 0 fully saturated rings. The molecule has 0 heterocycles. The molecule has 0 saturated carbocycles. The van der Waals surface area contributed by atoms with Gasteiger partial charge in [-0.15, -0.1) is 0 Å². The summed E-state index contributed by atoms with van der Waals surface area (Å²) in [6, 6.07) is 0. The van der Waals surface area contributed by atoms with Crippen molar-refractivity contribution in [1.29, 1.82) is 0 Å². The average molecular weight is 1130 g/mol. The quantitative estimate of drug-likeness (QED) is 0.0261. The number of ether oxygens (including phenoxy) is 3. The number of carbonyl (C=O) groups is 3. The van der Waals surface area contributed by atoms with Gasteiger partial charge in [0, 0.05) is 19.3 Å². The second-order valence-electron chi connectivity index (χ2n) is 23.4. The van der Waals surface area contributed by atoms with Gasteiger partial charge in [0.25, 0.3) is 0 Å². The molecular formula is C75H132O6. The molecule has 0 aromatic rings. The molecule has 0 radical (unpaired) electrons. The highest BCUT2D eigenvalue weighted by Gasteiger charge is 2.19. The Morgan fingerprint density at radius 3 is 0.765 bits per heavy atom. The minimum atomic E-state index is -0.791. The summed E-state index contributed by atoms with van der Waals surface area (Å²) in [6.07, 6.45) is 91.7. The molecule has 1 atom stereocenters. The van der Waals surface area contributed by atoms with Crippen LogP contribution in [0.25, 0.3) is 0 Å². The van der Waals surface area contributed by atoms with E-state index in [9.17, 15) is 14.4 Å². The highest BCUT2D eigenvalue weighted by molar-refractivity contribution is 5.71. The Morgan fingerprint density at radius 1 is 0.259 bits per heavy atom. The third kappa shape index (κ3) is 67.3. The average Bonchev–Trinajstić information content (AvgIpc) is 3.47. The van der Waals surface area contributed by atoms with Crippen molar-refractivity contribution < 1.29 is 28.6 Å². The second kappa shape index (κ2) is 69.1. The molecule has 0 saturated heterocycles. The van der Waals surface area contributed by atoms with Crippen molar-refractivity contribution in [2.24, 2.45) is 0 Å². The van der Waals surface area contributed by atoms with Crippen molar-refractivity contribution in [3.05, 3.63) is 85.1 Å². The van der Waals surface area contributed by atoms with E-state index in [0.717, 1.165) is 109 Å². The van der Waals surface area contributed by atoms with Crippen molar-refractivity contribution in [2.75, 3.05) is 13.2 Å². The summed E-state index contributed by atoms with van der Waals surface area (Å²) in [5.41, 5.74) is 0. The first kappa shape index (κ1) is 77.6. The number of hydrogen-bond acceptors (Lipinski definition) is 6. The van der Waals surface area contributed by atoms with E-state index >= 15 is 0 Å². The maximum absolute atomic E-state index is 13.0. The molecular weight excluding hydrogens is 997 g/mol.